The molecular weight excluding hydrogens is 234 g/mol. The van der Waals surface area contributed by atoms with Crippen LogP contribution < -0.4 is 11.2 Å². The third kappa shape index (κ3) is 9.69. The van der Waals surface area contributed by atoms with E-state index >= 15 is 0 Å². The lowest BCUT2D eigenvalue weighted by atomic mass is 10.2. The third-order valence-electron chi connectivity index (χ3n) is 2.01. The minimum atomic E-state index is -3.83. The van der Waals surface area contributed by atoms with Gasteiger partial charge in [0, 0.05) is 13.6 Å². The van der Waals surface area contributed by atoms with Crippen LogP contribution in [0.2, 0.25) is 0 Å². The number of nitrogens with two attached hydrogens (primary N) is 1. The summed E-state index contributed by atoms with van der Waals surface area (Å²) in [5.41, 5.74) is 7.76. The minimum Gasteiger partial charge on any atom is -0.350 e. The van der Waals surface area contributed by atoms with Gasteiger partial charge in [0.2, 0.25) is 0 Å². The van der Waals surface area contributed by atoms with Crippen molar-refractivity contribution in [1.82, 2.24) is 10.4 Å². The van der Waals surface area contributed by atoms with Crippen LogP contribution >= 0.6 is 0 Å². The number of unbranched alkanes of at least 4 members (excludes halogenated alkanes) is 3. The smallest absolute Gasteiger partial charge is 0.328 e. The molecule has 16 heavy (non-hydrogen) atoms. The molecule has 7 nitrogen and oxygen atoms in total. The summed E-state index contributed by atoms with van der Waals surface area (Å²) in [6.45, 7) is 0.602. The van der Waals surface area contributed by atoms with Crippen LogP contribution in [0.5, 0.6) is 0 Å². The van der Waals surface area contributed by atoms with Crippen molar-refractivity contribution in [3.63, 3.8) is 0 Å². The first-order valence-electron chi connectivity index (χ1n) is 5.05. The molecule has 0 aromatic rings. The number of nitrogens with zero attached hydrogens (tertiary/aromatic N) is 1. The molecule has 0 fully saturated rings. The van der Waals surface area contributed by atoms with Crippen LogP contribution in [0.1, 0.15) is 25.7 Å². The number of carbonyl (C=O) groups is 1. The molecule has 0 bridgehead atoms. The van der Waals surface area contributed by atoms with Gasteiger partial charge in [0.1, 0.15) is 0 Å². The monoisotopic (exact) mass is 253 g/mol. The molecule has 4 N–H and O–H groups in total. The number of rotatable bonds is 8. The SMILES string of the molecule is CN(NCCCCCCS(=O)(=O)O)C(N)=O. The Bertz CT molecular complexity index is 304. The predicted molar refractivity (Wildman–Crippen MR) is 60.2 cm³/mol. The molecule has 0 rings (SSSR count). The lowest BCUT2D eigenvalue weighted by molar-refractivity contribution is 0.196. The zero-order valence-corrected chi connectivity index (χ0v) is 10.2. The van der Waals surface area contributed by atoms with Gasteiger partial charge in [0.25, 0.3) is 10.1 Å². The molecule has 0 aromatic heterocycles. The van der Waals surface area contributed by atoms with E-state index in [1.54, 1.807) is 0 Å². The van der Waals surface area contributed by atoms with Crippen molar-refractivity contribution in [2.75, 3.05) is 19.3 Å². The van der Waals surface area contributed by atoms with E-state index in [4.69, 9.17) is 10.3 Å². The Morgan fingerprint density at radius 2 is 1.88 bits per heavy atom. The summed E-state index contributed by atoms with van der Waals surface area (Å²) >= 11 is 0. The highest BCUT2D eigenvalue weighted by molar-refractivity contribution is 7.85. The van der Waals surface area contributed by atoms with Crippen LogP contribution in [0.3, 0.4) is 0 Å². The molecule has 0 spiro atoms. The number of hydrogen-bond donors (Lipinski definition) is 3. The standard InChI is InChI=1S/C8H19N3O4S/c1-11(8(9)12)10-6-4-2-3-5-7-16(13,14)15/h10H,2-7H2,1H3,(H2,9,12)(H,13,14,15). The zero-order chi connectivity index (χ0) is 12.6. The normalized spacial score (nSPS) is 11.4. The second-order valence-electron chi connectivity index (χ2n) is 3.51. The number of nitrogens with one attached hydrogen (secondary N) is 1. The van der Waals surface area contributed by atoms with Crippen molar-refractivity contribution in [2.24, 2.45) is 5.73 Å². The van der Waals surface area contributed by atoms with Gasteiger partial charge in [-0.15, -0.1) is 0 Å². The highest BCUT2D eigenvalue weighted by atomic mass is 32.2. The fourth-order valence-corrected chi connectivity index (χ4v) is 1.66. The maximum Gasteiger partial charge on any atom is 0.328 e. The molecule has 0 aliphatic carbocycles. The predicted octanol–water partition coefficient (Wildman–Crippen LogP) is -0.0503. The van der Waals surface area contributed by atoms with Crippen LogP contribution in [0, 0.1) is 0 Å². The first-order valence-corrected chi connectivity index (χ1v) is 6.65. The highest BCUT2D eigenvalue weighted by Gasteiger charge is 2.03. The maximum absolute atomic E-state index is 10.6. The lowest BCUT2D eigenvalue weighted by Gasteiger charge is -2.15. The Hall–Kier alpha value is -0.860. The number of primary amides is 1. The highest BCUT2D eigenvalue weighted by Crippen LogP contribution is 2.01. The van der Waals surface area contributed by atoms with Gasteiger partial charge in [0.05, 0.1) is 5.75 Å². The van der Waals surface area contributed by atoms with E-state index in [1.807, 2.05) is 0 Å². The maximum atomic E-state index is 10.6. The van der Waals surface area contributed by atoms with Crippen molar-refractivity contribution < 1.29 is 17.8 Å². The summed E-state index contributed by atoms with van der Waals surface area (Å²) in [4.78, 5) is 10.6. The molecule has 0 saturated heterocycles. The summed E-state index contributed by atoms with van der Waals surface area (Å²) in [7, 11) is -2.30. The van der Waals surface area contributed by atoms with Gasteiger partial charge in [-0.25, -0.2) is 10.2 Å². The summed E-state index contributed by atoms with van der Waals surface area (Å²) in [5, 5.41) is 1.19. The van der Waals surface area contributed by atoms with Gasteiger partial charge < -0.3 is 5.73 Å². The van der Waals surface area contributed by atoms with E-state index < -0.39 is 16.1 Å². The van der Waals surface area contributed by atoms with Crippen molar-refractivity contribution >= 4 is 16.1 Å². The summed E-state index contributed by atoms with van der Waals surface area (Å²) in [6, 6.07) is -0.550. The van der Waals surface area contributed by atoms with Crippen LogP contribution in [-0.4, -0.2) is 43.4 Å². The molecule has 0 atom stereocenters. The van der Waals surface area contributed by atoms with E-state index in [1.165, 1.54) is 12.1 Å². The number of amides is 2. The van der Waals surface area contributed by atoms with E-state index in [9.17, 15) is 13.2 Å². The molecule has 0 aliphatic heterocycles. The van der Waals surface area contributed by atoms with Gasteiger partial charge in [-0.3, -0.25) is 9.56 Å². The van der Waals surface area contributed by atoms with Crippen LogP contribution in [0.25, 0.3) is 0 Å². The largest absolute Gasteiger partial charge is 0.350 e. The second kappa shape index (κ2) is 7.42. The van der Waals surface area contributed by atoms with E-state index in [2.05, 4.69) is 5.43 Å². The van der Waals surface area contributed by atoms with E-state index in [0.717, 1.165) is 19.3 Å². The van der Waals surface area contributed by atoms with Crippen molar-refractivity contribution in [2.45, 2.75) is 25.7 Å². The van der Waals surface area contributed by atoms with Gasteiger partial charge in [-0.2, -0.15) is 8.42 Å². The average Bonchev–Trinajstić information content (AvgIpc) is 2.14. The molecule has 0 aliphatic rings. The number of urea groups is 1. The quantitative estimate of drug-likeness (QED) is 0.319. The van der Waals surface area contributed by atoms with Crippen LogP contribution in [0.15, 0.2) is 0 Å². The fourth-order valence-electron chi connectivity index (χ4n) is 1.09. The van der Waals surface area contributed by atoms with Gasteiger partial charge in [-0.1, -0.05) is 12.8 Å². The Balaban J connectivity index is 3.32. The van der Waals surface area contributed by atoms with Gasteiger partial charge in [0.15, 0.2) is 0 Å². The number of hydrogen-bond acceptors (Lipinski definition) is 4. The Morgan fingerprint density at radius 3 is 2.38 bits per heavy atom. The van der Waals surface area contributed by atoms with Gasteiger partial charge in [-0.05, 0) is 12.8 Å². The average molecular weight is 253 g/mol. The van der Waals surface area contributed by atoms with Crippen LogP contribution in [-0.2, 0) is 10.1 Å². The minimum absolute atomic E-state index is 0.193. The summed E-state index contributed by atoms with van der Waals surface area (Å²) in [5.74, 6) is -0.193. The topological polar surface area (TPSA) is 113 Å². The Labute approximate surface area is 95.7 Å². The summed E-state index contributed by atoms with van der Waals surface area (Å²) < 4.78 is 29.2. The first kappa shape index (κ1) is 15.1. The molecule has 0 saturated carbocycles. The number of hydrazine groups is 1. The van der Waals surface area contributed by atoms with Crippen LogP contribution in [0.4, 0.5) is 4.79 Å². The molecule has 0 unspecified atom stereocenters. The van der Waals surface area contributed by atoms with Crippen molar-refractivity contribution in [3.05, 3.63) is 0 Å². The van der Waals surface area contributed by atoms with Gasteiger partial charge >= 0.3 is 6.03 Å². The molecule has 2 amide bonds. The zero-order valence-electron chi connectivity index (χ0n) is 9.35. The first-order chi connectivity index (χ1) is 7.33. The van der Waals surface area contributed by atoms with E-state index in [0.29, 0.717) is 13.0 Å². The fraction of sp³-hybridized carbons (Fsp3) is 0.875. The Kier molecular flexibility index (Phi) is 7.02. The van der Waals surface area contributed by atoms with Crippen molar-refractivity contribution in [3.8, 4) is 0 Å². The molecule has 96 valence electrons. The molecule has 8 heteroatoms. The lowest BCUT2D eigenvalue weighted by Crippen LogP contribution is -2.43. The Morgan fingerprint density at radius 1 is 1.31 bits per heavy atom. The third-order valence-corrected chi connectivity index (χ3v) is 2.81. The second-order valence-corrected chi connectivity index (χ2v) is 5.08. The van der Waals surface area contributed by atoms with E-state index in [-0.39, 0.29) is 5.75 Å². The molecular formula is C8H19N3O4S. The molecule has 0 aromatic carbocycles. The number of carbonyl (C=O) groups excluding carboxylic acids is 1. The summed E-state index contributed by atoms with van der Waals surface area (Å²) in [6.07, 6.45) is 2.81. The van der Waals surface area contributed by atoms with Crippen molar-refractivity contribution in [1.29, 1.82) is 0 Å². The molecule has 0 radical (unpaired) electrons. The molecule has 0 heterocycles.